The lowest BCUT2D eigenvalue weighted by molar-refractivity contribution is 0.269. The third-order valence-corrected chi connectivity index (χ3v) is 3.75. The Hall–Kier alpha value is -0.170. The van der Waals surface area contributed by atoms with Crippen LogP contribution < -0.4 is 11.3 Å². The SMILES string of the molecule is CS(=O)(=O)N1CCC(CNN)CC1. The van der Waals surface area contributed by atoms with E-state index in [1.807, 2.05) is 0 Å². The number of piperidine rings is 1. The molecule has 0 atom stereocenters. The first-order chi connectivity index (χ1) is 6.04. The summed E-state index contributed by atoms with van der Waals surface area (Å²) < 4.78 is 23.8. The highest BCUT2D eigenvalue weighted by molar-refractivity contribution is 7.88. The van der Waals surface area contributed by atoms with Gasteiger partial charge in [-0.25, -0.2) is 12.7 Å². The molecule has 1 saturated heterocycles. The van der Waals surface area contributed by atoms with Gasteiger partial charge in [-0.05, 0) is 18.8 Å². The van der Waals surface area contributed by atoms with Gasteiger partial charge in [0, 0.05) is 19.6 Å². The maximum Gasteiger partial charge on any atom is 0.211 e. The topological polar surface area (TPSA) is 75.4 Å². The second kappa shape index (κ2) is 4.36. The van der Waals surface area contributed by atoms with Gasteiger partial charge in [0.15, 0.2) is 0 Å². The largest absolute Gasteiger partial charge is 0.271 e. The Labute approximate surface area is 79.3 Å². The van der Waals surface area contributed by atoms with Crippen LogP contribution in [0.2, 0.25) is 0 Å². The van der Waals surface area contributed by atoms with Crippen LogP contribution in [0.15, 0.2) is 0 Å². The zero-order valence-electron chi connectivity index (χ0n) is 7.86. The summed E-state index contributed by atoms with van der Waals surface area (Å²) in [4.78, 5) is 0. The van der Waals surface area contributed by atoms with Crippen LogP contribution in [-0.4, -0.2) is 38.6 Å². The van der Waals surface area contributed by atoms with E-state index in [-0.39, 0.29) is 0 Å². The molecule has 1 rings (SSSR count). The second-order valence-electron chi connectivity index (χ2n) is 3.51. The van der Waals surface area contributed by atoms with E-state index < -0.39 is 10.0 Å². The quantitative estimate of drug-likeness (QED) is 0.465. The Morgan fingerprint density at radius 1 is 1.46 bits per heavy atom. The molecule has 6 heteroatoms. The lowest BCUT2D eigenvalue weighted by Crippen LogP contribution is -2.41. The Balaban J connectivity index is 2.39. The number of rotatable bonds is 3. The molecule has 3 N–H and O–H groups in total. The van der Waals surface area contributed by atoms with Gasteiger partial charge in [-0.2, -0.15) is 0 Å². The molecular weight excluding hydrogens is 190 g/mol. The molecule has 13 heavy (non-hydrogen) atoms. The molecule has 0 radical (unpaired) electrons. The van der Waals surface area contributed by atoms with Crippen molar-refractivity contribution >= 4 is 10.0 Å². The van der Waals surface area contributed by atoms with Crippen molar-refractivity contribution in [1.29, 1.82) is 0 Å². The minimum Gasteiger partial charge on any atom is -0.271 e. The minimum absolute atomic E-state index is 0.517. The zero-order valence-corrected chi connectivity index (χ0v) is 8.68. The molecule has 78 valence electrons. The third kappa shape index (κ3) is 3.22. The summed E-state index contributed by atoms with van der Waals surface area (Å²) in [5.74, 6) is 5.71. The number of hydrazine groups is 1. The number of hydrogen-bond acceptors (Lipinski definition) is 4. The molecule has 0 unspecified atom stereocenters. The summed E-state index contributed by atoms with van der Waals surface area (Å²) in [7, 11) is -2.98. The van der Waals surface area contributed by atoms with Gasteiger partial charge in [0.05, 0.1) is 6.26 Å². The van der Waals surface area contributed by atoms with Crippen LogP contribution in [0.5, 0.6) is 0 Å². The Morgan fingerprint density at radius 2 is 2.00 bits per heavy atom. The highest BCUT2D eigenvalue weighted by Gasteiger charge is 2.24. The van der Waals surface area contributed by atoms with Crippen LogP contribution >= 0.6 is 0 Å². The molecule has 0 aromatic carbocycles. The van der Waals surface area contributed by atoms with Crippen LogP contribution in [0.1, 0.15) is 12.8 Å². The summed E-state index contributed by atoms with van der Waals surface area (Å²) in [6.45, 7) is 2.04. The second-order valence-corrected chi connectivity index (χ2v) is 5.50. The molecule has 5 nitrogen and oxygen atoms in total. The molecule has 0 aromatic rings. The lowest BCUT2D eigenvalue weighted by Gasteiger charge is -2.29. The van der Waals surface area contributed by atoms with Gasteiger partial charge < -0.3 is 0 Å². The van der Waals surface area contributed by atoms with Crippen LogP contribution in [0.3, 0.4) is 0 Å². The van der Waals surface area contributed by atoms with Crippen LogP contribution in [0, 0.1) is 5.92 Å². The van der Waals surface area contributed by atoms with Crippen molar-refractivity contribution < 1.29 is 8.42 Å². The van der Waals surface area contributed by atoms with E-state index in [9.17, 15) is 8.42 Å². The van der Waals surface area contributed by atoms with Gasteiger partial charge in [0.2, 0.25) is 10.0 Å². The summed E-state index contributed by atoms with van der Waals surface area (Å²) in [5.41, 5.74) is 2.62. The number of nitrogens with one attached hydrogen (secondary N) is 1. The van der Waals surface area contributed by atoms with E-state index in [2.05, 4.69) is 5.43 Å². The van der Waals surface area contributed by atoms with Crippen molar-refractivity contribution in [2.45, 2.75) is 12.8 Å². The average molecular weight is 207 g/mol. The molecular formula is C7H17N3O2S. The normalized spacial score (nSPS) is 22.0. The maximum absolute atomic E-state index is 11.1. The van der Waals surface area contributed by atoms with Crippen molar-refractivity contribution in [2.75, 3.05) is 25.9 Å². The fourth-order valence-electron chi connectivity index (χ4n) is 1.61. The van der Waals surface area contributed by atoms with Gasteiger partial charge in [-0.3, -0.25) is 11.3 Å². The van der Waals surface area contributed by atoms with E-state index in [0.29, 0.717) is 19.0 Å². The van der Waals surface area contributed by atoms with Crippen molar-refractivity contribution in [3.05, 3.63) is 0 Å². The Kier molecular flexibility index (Phi) is 3.66. The number of nitrogens with two attached hydrogens (primary N) is 1. The first-order valence-corrected chi connectivity index (χ1v) is 6.27. The number of nitrogens with zero attached hydrogens (tertiary/aromatic N) is 1. The number of hydrogen-bond donors (Lipinski definition) is 2. The molecule has 0 aliphatic carbocycles. The molecule has 0 spiro atoms. The Bertz CT molecular complexity index is 244. The predicted molar refractivity (Wildman–Crippen MR) is 51.3 cm³/mol. The maximum atomic E-state index is 11.1. The summed E-state index contributed by atoms with van der Waals surface area (Å²) >= 11 is 0. The summed E-state index contributed by atoms with van der Waals surface area (Å²) in [6.07, 6.45) is 3.06. The van der Waals surface area contributed by atoms with Gasteiger partial charge >= 0.3 is 0 Å². The van der Waals surface area contributed by atoms with Gasteiger partial charge in [0.1, 0.15) is 0 Å². The van der Waals surface area contributed by atoms with E-state index in [1.165, 1.54) is 10.6 Å². The van der Waals surface area contributed by atoms with Crippen molar-refractivity contribution in [1.82, 2.24) is 9.73 Å². The minimum atomic E-state index is -2.98. The number of sulfonamides is 1. The van der Waals surface area contributed by atoms with Gasteiger partial charge in [-0.15, -0.1) is 0 Å². The highest BCUT2D eigenvalue weighted by atomic mass is 32.2. The molecule has 0 amide bonds. The molecule has 0 aromatic heterocycles. The van der Waals surface area contributed by atoms with E-state index in [1.54, 1.807) is 0 Å². The van der Waals surface area contributed by atoms with E-state index in [4.69, 9.17) is 5.84 Å². The third-order valence-electron chi connectivity index (χ3n) is 2.45. The average Bonchev–Trinajstić information content (AvgIpc) is 2.04. The predicted octanol–water partition coefficient (Wildman–Crippen LogP) is -0.879. The first kappa shape index (κ1) is 10.9. The molecule has 1 aliphatic rings. The van der Waals surface area contributed by atoms with Crippen LogP contribution in [0.25, 0.3) is 0 Å². The summed E-state index contributed by atoms with van der Waals surface area (Å²) in [6, 6.07) is 0. The lowest BCUT2D eigenvalue weighted by atomic mass is 9.99. The van der Waals surface area contributed by atoms with Crippen molar-refractivity contribution in [3.63, 3.8) is 0 Å². The van der Waals surface area contributed by atoms with Crippen LogP contribution in [0.4, 0.5) is 0 Å². The van der Waals surface area contributed by atoms with E-state index in [0.717, 1.165) is 19.4 Å². The molecule has 1 heterocycles. The monoisotopic (exact) mass is 207 g/mol. The van der Waals surface area contributed by atoms with E-state index >= 15 is 0 Å². The molecule has 1 aliphatic heterocycles. The highest BCUT2D eigenvalue weighted by Crippen LogP contribution is 2.17. The standard InChI is InChI=1S/C7H17N3O2S/c1-13(11,12)10-4-2-7(3-5-10)6-9-8/h7,9H,2-6,8H2,1H3. The Morgan fingerprint density at radius 3 is 2.38 bits per heavy atom. The van der Waals surface area contributed by atoms with Gasteiger partial charge in [0.25, 0.3) is 0 Å². The van der Waals surface area contributed by atoms with Gasteiger partial charge in [-0.1, -0.05) is 0 Å². The fourth-order valence-corrected chi connectivity index (χ4v) is 2.49. The van der Waals surface area contributed by atoms with Crippen LogP contribution in [-0.2, 0) is 10.0 Å². The molecule has 0 bridgehead atoms. The smallest absolute Gasteiger partial charge is 0.211 e. The zero-order chi connectivity index (χ0) is 9.90. The van der Waals surface area contributed by atoms with Crippen molar-refractivity contribution in [3.8, 4) is 0 Å². The molecule has 1 fully saturated rings. The fraction of sp³-hybridized carbons (Fsp3) is 1.00. The summed E-state index contributed by atoms with van der Waals surface area (Å²) in [5, 5.41) is 0. The van der Waals surface area contributed by atoms with Crippen molar-refractivity contribution in [2.24, 2.45) is 11.8 Å². The first-order valence-electron chi connectivity index (χ1n) is 4.42. The molecule has 0 saturated carbocycles.